The highest BCUT2D eigenvalue weighted by Gasteiger charge is 2.13. The number of rotatable bonds is 4. The summed E-state index contributed by atoms with van der Waals surface area (Å²) in [7, 11) is 0. The lowest BCUT2D eigenvalue weighted by Crippen LogP contribution is -2.05. The van der Waals surface area contributed by atoms with Crippen LogP contribution in [-0.2, 0) is 6.61 Å². The lowest BCUT2D eigenvalue weighted by Gasteiger charge is -2.11. The molecule has 3 nitrogen and oxygen atoms in total. The quantitative estimate of drug-likeness (QED) is 0.290. The van der Waals surface area contributed by atoms with Gasteiger partial charge in [0.25, 0.3) is 0 Å². The molecular formula is C22H12Cl4O3. The molecule has 0 bridgehead atoms. The molecule has 4 rings (SSSR count). The molecule has 4 aromatic rings. The van der Waals surface area contributed by atoms with E-state index in [1.54, 1.807) is 54.6 Å². The fourth-order valence-corrected chi connectivity index (χ4v) is 3.67. The zero-order valence-corrected chi connectivity index (χ0v) is 17.7. The minimum Gasteiger partial charge on any atom is -0.489 e. The molecule has 0 aliphatic carbocycles. The van der Waals surface area contributed by atoms with Gasteiger partial charge in [0, 0.05) is 21.7 Å². The van der Waals surface area contributed by atoms with Crippen molar-refractivity contribution >= 4 is 57.4 Å². The Balaban J connectivity index is 1.64. The van der Waals surface area contributed by atoms with Gasteiger partial charge in [-0.3, -0.25) is 4.79 Å². The molecule has 1 aromatic heterocycles. The van der Waals surface area contributed by atoms with Crippen molar-refractivity contribution in [2.45, 2.75) is 6.61 Å². The third-order valence-corrected chi connectivity index (χ3v) is 5.87. The maximum Gasteiger partial charge on any atom is 0.200 e. The van der Waals surface area contributed by atoms with Crippen molar-refractivity contribution in [2.75, 3.05) is 0 Å². The maximum absolute atomic E-state index is 12.8. The highest BCUT2D eigenvalue weighted by atomic mass is 35.5. The molecule has 0 radical (unpaired) electrons. The third kappa shape index (κ3) is 4.10. The van der Waals surface area contributed by atoms with E-state index in [0.717, 1.165) is 5.56 Å². The molecule has 7 heteroatoms. The van der Waals surface area contributed by atoms with E-state index in [1.807, 2.05) is 0 Å². The van der Waals surface area contributed by atoms with Crippen molar-refractivity contribution in [1.82, 2.24) is 0 Å². The van der Waals surface area contributed by atoms with Gasteiger partial charge in [-0.15, -0.1) is 0 Å². The van der Waals surface area contributed by atoms with Gasteiger partial charge < -0.3 is 9.15 Å². The van der Waals surface area contributed by atoms with Crippen LogP contribution in [0.4, 0.5) is 0 Å². The van der Waals surface area contributed by atoms with Crippen LogP contribution in [0.15, 0.2) is 70.1 Å². The van der Waals surface area contributed by atoms with Gasteiger partial charge in [0.1, 0.15) is 24.2 Å². The summed E-state index contributed by atoms with van der Waals surface area (Å²) in [6.45, 7) is 0.122. The molecule has 29 heavy (non-hydrogen) atoms. The molecule has 146 valence electrons. The van der Waals surface area contributed by atoms with Crippen LogP contribution in [0.3, 0.4) is 0 Å². The van der Waals surface area contributed by atoms with Crippen molar-refractivity contribution in [1.29, 1.82) is 0 Å². The number of benzene rings is 3. The predicted octanol–water partition coefficient (Wildman–Crippen LogP) is 7.65. The molecule has 0 saturated heterocycles. The third-order valence-electron chi connectivity index (χ3n) is 4.42. The summed E-state index contributed by atoms with van der Waals surface area (Å²) >= 11 is 24.3. The maximum atomic E-state index is 12.8. The van der Waals surface area contributed by atoms with Crippen molar-refractivity contribution in [3.8, 4) is 16.9 Å². The Morgan fingerprint density at radius 3 is 2.34 bits per heavy atom. The van der Waals surface area contributed by atoms with Crippen LogP contribution in [0.25, 0.3) is 22.1 Å². The first-order chi connectivity index (χ1) is 13.9. The van der Waals surface area contributed by atoms with Gasteiger partial charge in [-0.05, 0) is 42.0 Å². The number of hydrogen-bond acceptors (Lipinski definition) is 3. The topological polar surface area (TPSA) is 39.4 Å². The second kappa shape index (κ2) is 8.29. The van der Waals surface area contributed by atoms with E-state index in [-0.39, 0.29) is 12.0 Å². The Morgan fingerprint density at radius 2 is 1.59 bits per heavy atom. The van der Waals surface area contributed by atoms with E-state index in [4.69, 9.17) is 55.6 Å². The Morgan fingerprint density at radius 1 is 0.862 bits per heavy atom. The molecule has 0 spiro atoms. The van der Waals surface area contributed by atoms with Crippen LogP contribution in [0, 0.1) is 0 Å². The number of ether oxygens (including phenoxy) is 1. The van der Waals surface area contributed by atoms with Gasteiger partial charge >= 0.3 is 0 Å². The van der Waals surface area contributed by atoms with Crippen LogP contribution < -0.4 is 10.2 Å². The fourth-order valence-electron chi connectivity index (χ4n) is 2.88. The summed E-state index contributed by atoms with van der Waals surface area (Å²) in [6.07, 6.45) is 1.43. The predicted molar refractivity (Wildman–Crippen MR) is 119 cm³/mol. The fraction of sp³-hybridized carbons (Fsp3) is 0.0455. The zero-order chi connectivity index (χ0) is 20.5. The molecule has 0 fully saturated rings. The lowest BCUT2D eigenvalue weighted by molar-refractivity contribution is 0.306. The SMILES string of the molecule is O=c1c(-c2ccc(Cl)cc2)coc2cc(OCc3c(Cl)ccc(Cl)c3Cl)ccc12. The van der Waals surface area contributed by atoms with E-state index in [0.29, 0.717) is 47.9 Å². The highest BCUT2D eigenvalue weighted by Crippen LogP contribution is 2.32. The molecular weight excluding hydrogens is 454 g/mol. The van der Waals surface area contributed by atoms with E-state index in [9.17, 15) is 4.79 Å². The molecule has 0 aliphatic rings. The summed E-state index contributed by atoms with van der Waals surface area (Å²) in [5.41, 5.74) is 2.05. The largest absolute Gasteiger partial charge is 0.489 e. The first kappa shape index (κ1) is 20.1. The molecule has 0 unspecified atom stereocenters. The smallest absolute Gasteiger partial charge is 0.200 e. The summed E-state index contributed by atoms with van der Waals surface area (Å²) in [5, 5.41) is 2.25. The normalized spacial score (nSPS) is 11.0. The minimum absolute atomic E-state index is 0.122. The van der Waals surface area contributed by atoms with Gasteiger partial charge in [-0.25, -0.2) is 0 Å². The van der Waals surface area contributed by atoms with Gasteiger partial charge in [0.05, 0.1) is 21.0 Å². The Hall–Kier alpha value is -2.17. The van der Waals surface area contributed by atoms with Gasteiger partial charge in [-0.1, -0.05) is 58.5 Å². The monoisotopic (exact) mass is 464 g/mol. The highest BCUT2D eigenvalue weighted by molar-refractivity contribution is 6.44. The number of fused-ring (bicyclic) bond motifs is 1. The molecule has 0 N–H and O–H groups in total. The summed E-state index contributed by atoms with van der Waals surface area (Å²) in [5.74, 6) is 0.506. The van der Waals surface area contributed by atoms with Crippen LogP contribution in [0.1, 0.15) is 5.56 Å². The van der Waals surface area contributed by atoms with Crippen molar-refractivity contribution in [3.05, 3.63) is 96.7 Å². The molecule has 3 aromatic carbocycles. The van der Waals surface area contributed by atoms with Crippen molar-refractivity contribution in [3.63, 3.8) is 0 Å². The van der Waals surface area contributed by atoms with Gasteiger partial charge in [-0.2, -0.15) is 0 Å². The van der Waals surface area contributed by atoms with E-state index < -0.39 is 0 Å². The first-order valence-electron chi connectivity index (χ1n) is 8.50. The first-order valence-corrected chi connectivity index (χ1v) is 10.0. The molecule has 1 heterocycles. The van der Waals surface area contributed by atoms with Crippen LogP contribution in [-0.4, -0.2) is 0 Å². The van der Waals surface area contributed by atoms with E-state index in [1.165, 1.54) is 6.26 Å². The second-order valence-electron chi connectivity index (χ2n) is 6.25. The van der Waals surface area contributed by atoms with E-state index >= 15 is 0 Å². The standard InChI is InChI=1S/C22H12Cl4O3/c23-13-3-1-12(2-4-13)16-10-29-20-9-14(5-6-15(20)22(16)27)28-11-17-18(24)7-8-19(25)21(17)26/h1-10H,11H2. The average Bonchev–Trinajstić information content (AvgIpc) is 2.72. The van der Waals surface area contributed by atoms with Crippen molar-refractivity contribution in [2.24, 2.45) is 0 Å². The Kier molecular flexibility index (Phi) is 5.75. The Labute approximate surface area is 186 Å². The molecule has 0 atom stereocenters. The summed E-state index contributed by atoms with van der Waals surface area (Å²) in [4.78, 5) is 12.8. The molecule has 0 saturated carbocycles. The van der Waals surface area contributed by atoms with Crippen molar-refractivity contribution < 1.29 is 9.15 Å². The van der Waals surface area contributed by atoms with E-state index in [2.05, 4.69) is 0 Å². The summed E-state index contributed by atoms with van der Waals surface area (Å²) < 4.78 is 11.5. The zero-order valence-electron chi connectivity index (χ0n) is 14.7. The average molecular weight is 466 g/mol. The van der Waals surface area contributed by atoms with Gasteiger partial charge in [0.15, 0.2) is 5.43 Å². The number of halogens is 4. The van der Waals surface area contributed by atoms with Crippen LogP contribution in [0.5, 0.6) is 5.75 Å². The van der Waals surface area contributed by atoms with Crippen LogP contribution >= 0.6 is 46.4 Å². The van der Waals surface area contributed by atoms with Crippen LogP contribution in [0.2, 0.25) is 20.1 Å². The minimum atomic E-state index is -0.138. The molecule has 0 amide bonds. The Bertz CT molecular complexity index is 1260. The van der Waals surface area contributed by atoms with Gasteiger partial charge in [0.2, 0.25) is 0 Å². The second-order valence-corrected chi connectivity index (χ2v) is 7.88. The molecule has 0 aliphatic heterocycles. The lowest BCUT2D eigenvalue weighted by atomic mass is 10.1. The summed E-state index contributed by atoms with van der Waals surface area (Å²) in [6, 6.07) is 15.3. The number of hydrogen-bond donors (Lipinski definition) is 0.